The molecule has 1 saturated carbocycles. The number of nitrogens with one attached hydrogen (secondary N) is 1. The Balaban J connectivity index is 2.02. The van der Waals surface area contributed by atoms with E-state index in [1.165, 1.54) is 12.6 Å². The van der Waals surface area contributed by atoms with Gasteiger partial charge in [0.15, 0.2) is 0 Å². The highest BCUT2D eigenvalue weighted by Gasteiger charge is 2.28. The zero-order valence-corrected chi connectivity index (χ0v) is 13.6. The summed E-state index contributed by atoms with van der Waals surface area (Å²) in [6.07, 6.45) is 4.55. The number of carbonyl (C=O) groups excluding carboxylic acids is 1. The van der Waals surface area contributed by atoms with Crippen LogP contribution in [0.4, 0.5) is 0 Å². The largest absolute Gasteiger partial charge is 0.351 e. The lowest BCUT2D eigenvalue weighted by atomic mass is 9.78. The van der Waals surface area contributed by atoms with Crippen LogP contribution in [-0.2, 0) is 11.3 Å². The smallest absolute Gasteiger partial charge is 0.287 e. The third kappa shape index (κ3) is 3.77. The Labute approximate surface area is 133 Å². The molecule has 1 aliphatic carbocycles. The molecular weight excluding hydrogens is 313 g/mol. The van der Waals surface area contributed by atoms with Crippen LogP contribution in [0.3, 0.4) is 0 Å². The quantitative estimate of drug-likeness (QED) is 0.925. The molecule has 3 atom stereocenters. The van der Waals surface area contributed by atoms with Crippen molar-refractivity contribution in [2.45, 2.75) is 45.7 Å². The van der Waals surface area contributed by atoms with Gasteiger partial charge in [0.1, 0.15) is 11.6 Å². The molecule has 7 heteroatoms. The van der Waals surface area contributed by atoms with Crippen molar-refractivity contribution in [1.82, 2.24) is 15.1 Å². The Morgan fingerprint density at radius 3 is 2.86 bits per heavy atom. The van der Waals surface area contributed by atoms with Gasteiger partial charge in [0.2, 0.25) is 5.91 Å². The summed E-state index contributed by atoms with van der Waals surface area (Å²) in [5, 5.41) is 6.81. The second-order valence-corrected chi connectivity index (χ2v) is 6.50. The molecule has 1 aromatic rings. The average Bonchev–Trinajstić information content (AvgIpc) is 2.45. The third-order valence-electron chi connectivity index (χ3n) is 4.29. The maximum absolute atomic E-state index is 12.1. The van der Waals surface area contributed by atoms with Crippen LogP contribution >= 0.6 is 23.2 Å². The lowest BCUT2D eigenvalue weighted by molar-refractivity contribution is -0.123. The molecule has 0 aromatic carbocycles. The number of aromatic nitrogens is 2. The van der Waals surface area contributed by atoms with Gasteiger partial charge in [-0.1, -0.05) is 49.9 Å². The third-order valence-corrected chi connectivity index (χ3v) is 5.04. The lowest BCUT2D eigenvalue weighted by Crippen LogP contribution is -2.45. The predicted molar refractivity (Wildman–Crippen MR) is 82.6 cm³/mol. The number of nitrogens with zero attached hydrogens (tertiary/aromatic N) is 2. The summed E-state index contributed by atoms with van der Waals surface area (Å²) in [4.78, 5) is 23.9. The minimum Gasteiger partial charge on any atom is -0.351 e. The Morgan fingerprint density at radius 2 is 2.14 bits per heavy atom. The van der Waals surface area contributed by atoms with Gasteiger partial charge in [-0.15, -0.1) is 0 Å². The van der Waals surface area contributed by atoms with E-state index < -0.39 is 5.56 Å². The fourth-order valence-corrected chi connectivity index (χ4v) is 3.00. The van der Waals surface area contributed by atoms with Crippen molar-refractivity contribution in [2.24, 2.45) is 11.8 Å². The van der Waals surface area contributed by atoms with E-state index in [-0.39, 0.29) is 28.5 Å². The van der Waals surface area contributed by atoms with Crippen molar-refractivity contribution < 1.29 is 4.79 Å². The maximum Gasteiger partial charge on any atom is 0.287 e. The summed E-state index contributed by atoms with van der Waals surface area (Å²) in [6.45, 7) is 4.21. The van der Waals surface area contributed by atoms with Gasteiger partial charge in [0.25, 0.3) is 5.56 Å². The minimum atomic E-state index is -0.552. The molecule has 1 aliphatic rings. The Bertz CT molecular complexity index is 588. The monoisotopic (exact) mass is 331 g/mol. The van der Waals surface area contributed by atoms with E-state index >= 15 is 0 Å². The van der Waals surface area contributed by atoms with Gasteiger partial charge < -0.3 is 5.32 Å². The van der Waals surface area contributed by atoms with Crippen molar-refractivity contribution in [3.05, 3.63) is 26.6 Å². The number of amides is 1. The Hall–Kier alpha value is -1.07. The van der Waals surface area contributed by atoms with Gasteiger partial charge >= 0.3 is 0 Å². The standard InChI is InChI=1S/C14H19Cl2N3O2/c1-8-4-3-5-11(9(8)2)18-12(20)7-19-14(21)13(16)10(15)6-17-19/h6,8-9,11H,3-5,7H2,1-2H3,(H,18,20)/t8-,9-,11+/m1/s1. The van der Waals surface area contributed by atoms with Crippen molar-refractivity contribution >= 4 is 29.1 Å². The van der Waals surface area contributed by atoms with Crippen molar-refractivity contribution in [1.29, 1.82) is 0 Å². The fourth-order valence-electron chi connectivity index (χ4n) is 2.73. The molecule has 116 valence electrons. The molecule has 1 heterocycles. The van der Waals surface area contributed by atoms with Crippen LogP contribution in [0.25, 0.3) is 0 Å². The first-order chi connectivity index (χ1) is 9.90. The number of hydrogen-bond acceptors (Lipinski definition) is 3. The molecule has 0 spiro atoms. The number of halogens is 2. The summed E-state index contributed by atoms with van der Waals surface area (Å²) < 4.78 is 1.03. The predicted octanol–water partition coefficient (Wildman–Crippen LogP) is 2.49. The van der Waals surface area contributed by atoms with E-state index in [9.17, 15) is 9.59 Å². The zero-order chi connectivity index (χ0) is 15.6. The molecule has 0 saturated heterocycles. The minimum absolute atomic E-state index is 0.0908. The number of carbonyl (C=O) groups is 1. The topological polar surface area (TPSA) is 64.0 Å². The van der Waals surface area contributed by atoms with Crippen LogP contribution in [0, 0.1) is 11.8 Å². The van der Waals surface area contributed by atoms with Crippen molar-refractivity contribution in [3.63, 3.8) is 0 Å². The normalized spacial score (nSPS) is 25.6. The molecule has 5 nitrogen and oxygen atoms in total. The van der Waals surface area contributed by atoms with Crippen LogP contribution < -0.4 is 10.9 Å². The van der Waals surface area contributed by atoms with Crippen LogP contribution in [0.15, 0.2) is 11.0 Å². The molecule has 1 N–H and O–H groups in total. The summed E-state index contributed by atoms with van der Waals surface area (Å²) in [7, 11) is 0. The molecular formula is C14H19Cl2N3O2. The summed E-state index contributed by atoms with van der Waals surface area (Å²) in [6, 6.07) is 0.153. The van der Waals surface area contributed by atoms with Gasteiger partial charge in [-0.3, -0.25) is 9.59 Å². The highest BCUT2D eigenvalue weighted by molar-refractivity contribution is 6.41. The fraction of sp³-hybridized carbons (Fsp3) is 0.643. The second kappa shape index (κ2) is 6.79. The van der Waals surface area contributed by atoms with Crippen molar-refractivity contribution in [3.8, 4) is 0 Å². The molecule has 21 heavy (non-hydrogen) atoms. The molecule has 0 radical (unpaired) electrons. The van der Waals surface area contributed by atoms with E-state index in [1.54, 1.807) is 0 Å². The van der Waals surface area contributed by atoms with E-state index in [4.69, 9.17) is 23.2 Å². The Morgan fingerprint density at radius 1 is 1.43 bits per heavy atom. The van der Waals surface area contributed by atoms with Crippen LogP contribution in [-0.4, -0.2) is 21.7 Å². The number of hydrogen-bond donors (Lipinski definition) is 1. The summed E-state index contributed by atoms with van der Waals surface area (Å²) in [5.41, 5.74) is -0.552. The number of rotatable bonds is 3. The van der Waals surface area contributed by atoms with Crippen molar-refractivity contribution in [2.75, 3.05) is 0 Å². The summed E-state index contributed by atoms with van der Waals surface area (Å²) >= 11 is 11.5. The molecule has 0 unspecified atom stereocenters. The molecule has 1 amide bonds. The summed E-state index contributed by atoms with van der Waals surface area (Å²) in [5.74, 6) is 0.796. The highest BCUT2D eigenvalue weighted by Crippen LogP contribution is 2.29. The lowest BCUT2D eigenvalue weighted by Gasteiger charge is -2.34. The molecule has 2 rings (SSSR count). The van der Waals surface area contributed by atoms with Gasteiger partial charge in [-0.25, -0.2) is 4.68 Å². The van der Waals surface area contributed by atoms with E-state index in [1.807, 2.05) is 0 Å². The highest BCUT2D eigenvalue weighted by atomic mass is 35.5. The molecule has 1 aromatic heterocycles. The van der Waals surface area contributed by atoms with E-state index in [0.29, 0.717) is 11.8 Å². The van der Waals surface area contributed by atoms with Crippen LogP contribution in [0.1, 0.15) is 33.1 Å². The molecule has 1 fully saturated rings. The van der Waals surface area contributed by atoms with E-state index in [2.05, 4.69) is 24.3 Å². The van der Waals surface area contributed by atoms with Crippen LogP contribution in [0.5, 0.6) is 0 Å². The molecule has 0 aliphatic heterocycles. The SMILES string of the molecule is C[C@@H]1[C@H](C)CCC[C@@H]1NC(=O)Cn1ncc(Cl)c(Cl)c1=O. The van der Waals surface area contributed by atoms with Crippen LogP contribution in [0.2, 0.25) is 10.0 Å². The zero-order valence-electron chi connectivity index (χ0n) is 12.1. The van der Waals surface area contributed by atoms with Gasteiger partial charge in [-0.05, 0) is 18.3 Å². The van der Waals surface area contributed by atoms with Gasteiger partial charge in [0.05, 0.1) is 11.2 Å². The van der Waals surface area contributed by atoms with Gasteiger partial charge in [-0.2, -0.15) is 5.10 Å². The first-order valence-corrected chi connectivity index (χ1v) is 7.86. The second-order valence-electron chi connectivity index (χ2n) is 5.71. The molecule has 0 bridgehead atoms. The Kier molecular flexibility index (Phi) is 5.27. The van der Waals surface area contributed by atoms with E-state index in [0.717, 1.165) is 17.5 Å². The maximum atomic E-state index is 12.1. The van der Waals surface area contributed by atoms with Gasteiger partial charge in [0, 0.05) is 6.04 Å². The average molecular weight is 332 g/mol. The first kappa shape index (κ1) is 16.3. The first-order valence-electron chi connectivity index (χ1n) is 7.10.